The van der Waals surface area contributed by atoms with Crippen LogP contribution in [0.25, 0.3) is 0 Å². The average Bonchev–Trinajstić information content (AvgIpc) is 2.47. The molecular weight excluding hydrogens is 405 g/mol. The summed E-state index contributed by atoms with van der Waals surface area (Å²) in [5.74, 6) is 0.730. The Morgan fingerprint density at radius 2 is 1.81 bits per heavy atom. The molecule has 0 aliphatic rings. The normalized spacial score (nSPS) is 10.5. The first kappa shape index (κ1) is 16.3. The van der Waals surface area contributed by atoms with Gasteiger partial charge in [-0.15, -0.1) is 0 Å². The predicted molar refractivity (Wildman–Crippen MR) is 87.0 cm³/mol. The highest BCUT2D eigenvalue weighted by molar-refractivity contribution is 9.11. The van der Waals surface area contributed by atoms with Crippen molar-refractivity contribution >= 4 is 31.9 Å². The van der Waals surface area contributed by atoms with Crippen LogP contribution in [0.4, 0.5) is 4.39 Å². The molecule has 2 rings (SSSR count). The summed E-state index contributed by atoms with van der Waals surface area (Å²) >= 11 is 6.86. The van der Waals surface area contributed by atoms with Gasteiger partial charge < -0.3 is 15.2 Å². The number of hydrogen-bond donors (Lipinski definition) is 1. The molecule has 0 radical (unpaired) electrons. The lowest BCUT2D eigenvalue weighted by Crippen LogP contribution is -2.02. The molecule has 0 saturated carbocycles. The second-order valence-electron chi connectivity index (χ2n) is 4.34. The lowest BCUT2D eigenvalue weighted by Gasteiger charge is -2.12. The summed E-state index contributed by atoms with van der Waals surface area (Å²) in [5, 5.41) is 0. The lowest BCUT2D eigenvalue weighted by molar-refractivity contribution is 0.295. The van der Waals surface area contributed by atoms with Crippen LogP contribution in [0.15, 0.2) is 39.3 Å². The van der Waals surface area contributed by atoms with Crippen LogP contribution in [-0.2, 0) is 13.2 Å². The van der Waals surface area contributed by atoms with E-state index in [0.717, 1.165) is 14.5 Å². The van der Waals surface area contributed by atoms with Gasteiger partial charge in [0.1, 0.15) is 23.9 Å². The molecule has 0 spiro atoms. The zero-order valence-electron chi connectivity index (χ0n) is 11.3. The molecule has 112 valence electrons. The molecule has 0 amide bonds. The summed E-state index contributed by atoms with van der Waals surface area (Å²) in [4.78, 5) is 0. The van der Waals surface area contributed by atoms with E-state index in [1.165, 1.54) is 13.2 Å². The summed E-state index contributed by atoms with van der Waals surface area (Å²) in [7, 11) is 1.50. The van der Waals surface area contributed by atoms with Crippen LogP contribution in [0.5, 0.6) is 11.5 Å². The molecule has 0 aliphatic heterocycles. The van der Waals surface area contributed by atoms with Crippen LogP contribution < -0.4 is 15.2 Å². The van der Waals surface area contributed by atoms with Gasteiger partial charge in [-0.25, -0.2) is 4.39 Å². The molecule has 0 saturated heterocycles. The van der Waals surface area contributed by atoms with Crippen molar-refractivity contribution in [2.24, 2.45) is 5.73 Å². The van der Waals surface area contributed by atoms with Crippen molar-refractivity contribution in [2.75, 3.05) is 7.11 Å². The van der Waals surface area contributed by atoms with Crippen molar-refractivity contribution in [1.82, 2.24) is 0 Å². The second kappa shape index (κ2) is 7.24. The fourth-order valence-electron chi connectivity index (χ4n) is 1.79. The van der Waals surface area contributed by atoms with Crippen molar-refractivity contribution in [3.63, 3.8) is 0 Å². The lowest BCUT2D eigenvalue weighted by atomic mass is 10.2. The molecule has 0 heterocycles. The largest absolute Gasteiger partial charge is 0.497 e. The number of rotatable bonds is 5. The maximum atomic E-state index is 13.9. The molecule has 0 atom stereocenters. The van der Waals surface area contributed by atoms with Crippen molar-refractivity contribution in [2.45, 2.75) is 13.2 Å². The fourth-order valence-corrected chi connectivity index (χ4v) is 3.30. The molecule has 0 bridgehead atoms. The standard InChI is InChI=1S/C15H14Br2FNO2/c1-20-11-3-2-10(14(18)6-11)8-21-15-12(16)4-9(7-19)5-13(15)17/h2-6H,7-8,19H2,1H3. The van der Waals surface area contributed by atoms with E-state index in [2.05, 4.69) is 31.9 Å². The maximum absolute atomic E-state index is 13.9. The minimum atomic E-state index is -0.361. The Morgan fingerprint density at radius 3 is 2.33 bits per heavy atom. The highest BCUT2D eigenvalue weighted by Gasteiger charge is 2.11. The Hall–Kier alpha value is -1.11. The number of nitrogens with two attached hydrogens (primary N) is 1. The third-order valence-corrected chi connectivity index (χ3v) is 4.10. The summed E-state index contributed by atoms with van der Waals surface area (Å²) in [6.07, 6.45) is 0. The number of methoxy groups -OCH3 is 1. The van der Waals surface area contributed by atoms with E-state index in [1.54, 1.807) is 12.1 Å². The van der Waals surface area contributed by atoms with Gasteiger partial charge in [-0.05, 0) is 61.7 Å². The van der Waals surface area contributed by atoms with Gasteiger partial charge in [0, 0.05) is 18.2 Å². The molecular formula is C15H14Br2FNO2. The fraction of sp³-hybridized carbons (Fsp3) is 0.200. The van der Waals surface area contributed by atoms with E-state index in [9.17, 15) is 4.39 Å². The molecule has 0 unspecified atom stereocenters. The van der Waals surface area contributed by atoms with Crippen LogP contribution >= 0.6 is 31.9 Å². The van der Waals surface area contributed by atoms with Gasteiger partial charge in [-0.1, -0.05) is 0 Å². The van der Waals surface area contributed by atoms with Crippen molar-refractivity contribution < 1.29 is 13.9 Å². The topological polar surface area (TPSA) is 44.5 Å². The van der Waals surface area contributed by atoms with Gasteiger partial charge in [-0.2, -0.15) is 0 Å². The SMILES string of the molecule is COc1ccc(COc2c(Br)cc(CN)cc2Br)c(F)c1. The Bertz CT molecular complexity index is 627. The first-order valence-corrected chi connectivity index (χ1v) is 7.77. The zero-order chi connectivity index (χ0) is 15.4. The van der Waals surface area contributed by atoms with Gasteiger partial charge in [0.05, 0.1) is 16.1 Å². The van der Waals surface area contributed by atoms with Gasteiger partial charge in [0.2, 0.25) is 0 Å². The first-order chi connectivity index (χ1) is 10.0. The first-order valence-electron chi connectivity index (χ1n) is 6.18. The molecule has 3 nitrogen and oxygen atoms in total. The zero-order valence-corrected chi connectivity index (χ0v) is 14.5. The summed E-state index contributed by atoms with van der Waals surface area (Å²) in [5.41, 5.74) is 7.03. The average molecular weight is 419 g/mol. The summed E-state index contributed by atoms with van der Waals surface area (Å²) in [6.45, 7) is 0.555. The van der Waals surface area contributed by atoms with E-state index in [4.69, 9.17) is 15.2 Å². The minimum absolute atomic E-state index is 0.120. The van der Waals surface area contributed by atoms with E-state index in [0.29, 0.717) is 23.6 Å². The quantitative estimate of drug-likeness (QED) is 0.782. The van der Waals surface area contributed by atoms with E-state index >= 15 is 0 Å². The summed E-state index contributed by atoms with van der Waals surface area (Å²) in [6, 6.07) is 8.43. The van der Waals surface area contributed by atoms with E-state index in [-0.39, 0.29) is 12.4 Å². The molecule has 0 aliphatic carbocycles. The number of halogens is 3. The van der Waals surface area contributed by atoms with Gasteiger partial charge >= 0.3 is 0 Å². The van der Waals surface area contributed by atoms with Gasteiger partial charge in [0.15, 0.2) is 0 Å². The van der Waals surface area contributed by atoms with Gasteiger partial charge in [-0.3, -0.25) is 0 Å². The third-order valence-electron chi connectivity index (χ3n) is 2.93. The van der Waals surface area contributed by atoms with Crippen molar-refractivity contribution in [3.8, 4) is 11.5 Å². The molecule has 0 fully saturated rings. The van der Waals surface area contributed by atoms with Crippen molar-refractivity contribution in [1.29, 1.82) is 0 Å². The monoisotopic (exact) mass is 417 g/mol. The number of ether oxygens (including phenoxy) is 2. The van der Waals surface area contributed by atoms with Crippen LogP contribution in [-0.4, -0.2) is 7.11 Å². The number of hydrogen-bond acceptors (Lipinski definition) is 3. The Labute approximate surface area is 139 Å². The Morgan fingerprint density at radius 1 is 1.14 bits per heavy atom. The predicted octanol–water partition coefficient (Wildman–Crippen LogP) is 4.40. The van der Waals surface area contributed by atoms with Crippen LogP contribution in [0, 0.1) is 5.82 Å². The van der Waals surface area contributed by atoms with Crippen LogP contribution in [0.1, 0.15) is 11.1 Å². The van der Waals surface area contributed by atoms with E-state index < -0.39 is 0 Å². The maximum Gasteiger partial charge on any atom is 0.148 e. The molecule has 2 N–H and O–H groups in total. The smallest absolute Gasteiger partial charge is 0.148 e. The molecule has 0 aromatic heterocycles. The van der Waals surface area contributed by atoms with Gasteiger partial charge in [0.25, 0.3) is 0 Å². The Kier molecular flexibility index (Phi) is 5.61. The molecule has 6 heteroatoms. The van der Waals surface area contributed by atoms with Crippen LogP contribution in [0.2, 0.25) is 0 Å². The van der Waals surface area contributed by atoms with E-state index in [1.807, 2.05) is 12.1 Å². The third kappa shape index (κ3) is 3.96. The minimum Gasteiger partial charge on any atom is -0.497 e. The van der Waals surface area contributed by atoms with Crippen molar-refractivity contribution in [3.05, 3.63) is 56.2 Å². The molecule has 2 aromatic carbocycles. The number of benzene rings is 2. The summed E-state index contributed by atoms with van der Waals surface area (Å²) < 4.78 is 26.1. The molecule has 2 aromatic rings. The second-order valence-corrected chi connectivity index (χ2v) is 6.05. The highest BCUT2D eigenvalue weighted by Crippen LogP contribution is 2.35. The highest BCUT2D eigenvalue weighted by atomic mass is 79.9. The van der Waals surface area contributed by atoms with Crippen LogP contribution in [0.3, 0.4) is 0 Å². The molecule has 21 heavy (non-hydrogen) atoms. The Balaban J connectivity index is 2.17.